The third-order valence-electron chi connectivity index (χ3n) is 3.26. The Bertz CT molecular complexity index is 512. The van der Waals surface area contributed by atoms with Crippen molar-refractivity contribution in [2.45, 2.75) is 57.4 Å². The molecule has 0 aliphatic heterocycles. The van der Waals surface area contributed by atoms with E-state index in [1.165, 1.54) is 6.42 Å². The number of anilines is 1. The van der Waals surface area contributed by atoms with Crippen LogP contribution in [0.2, 0.25) is 0 Å². The Labute approximate surface area is 116 Å². The van der Waals surface area contributed by atoms with Gasteiger partial charge in [-0.3, -0.25) is 0 Å². The molecule has 1 atom stereocenters. The van der Waals surface area contributed by atoms with Gasteiger partial charge in [0.15, 0.2) is 0 Å². The van der Waals surface area contributed by atoms with Gasteiger partial charge in [-0.25, -0.2) is 13.6 Å². The van der Waals surface area contributed by atoms with Crippen LogP contribution in [-0.4, -0.2) is 14.5 Å². The van der Waals surface area contributed by atoms with E-state index < -0.39 is 10.0 Å². The van der Waals surface area contributed by atoms with Crippen molar-refractivity contribution in [3.05, 3.63) is 23.8 Å². The number of benzene rings is 1. The molecule has 0 spiro atoms. The standard InChI is InChI=1S/C14H24N2O2S/c1-4-6-7-12(5-2)16-13-9-8-11(3)14(10-13)19(15,17)18/h8-10,12,16H,4-7H2,1-3H3,(H2,15,17,18). The van der Waals surface area contributed by atoms with Gasteiger partial charge in [0.25, 0.3) is 0 Å². The smallest absolute Gasteiger partial charge is 0.238 e. The Morgan fingerprint density at radius 3 is 2.53 bits per heavy atom. The summed E-state index contributed by atoms with van der Waals surface area (Å²) in [5.74, 6) is 0. The fourth-order valence-electron chi connectivity index (χ4n) is 2.06. The molecular formula is C14H24N2O2S. The number of aryl methyl sites for hydroxylation is 1. The lowest BCUT2D eigenvalue weighted by atomic mass is 10.1. The van der Waals surface area contributed by atoms with Crippen LogP contribution in [-0.2, 0) is 10.0 Å². The number of sulfonamides is 1. The van der Waals surface area contributed by atoms with Crippen LogP contribution < -0.4 is 10.5 Å². The molecule has 4 nitrogen and oxygen atoms in total. The SMILES string of the molecule is CCCCC(CC)Nc1ccc(C)c(S(N)(=O)=O)c1. The van der Waals surface area contributed by atoms with E-state index >= 15 is 0 Å². The first-order valence-corrected chi connectivity index (χ1v) is 8.33. The zero-order valence-electron chi connectivity index (χ0n) is 11.9. The maximum absolute atomic E-state index is 11.5. The largest absolute Gasteiger partial charge is 0.382 e. The molecule has 19 heavy (non-hydrogen) atoms. The highest BCUT2D eigenvalue weighted by atomic mass is 32.2. The van der Waals surface area contributed by atoms with E-state index in [4.69, 9.17) is 5.14 Å². The highest BCUT2D eigenvalue weighted by Crippen LogP contribution is 2.21. The molecule has 5 heteroatoms. The molecule has 0 saturated carbocycles. The number of hydrogen-bond donors (Lipinski definition) is 2. The second kappa shape index (κ2) is 6.91. The molecule has 0 aromatic heterocycles. The predicted molar refractivity (Wildman–Crippen MR) is 79.8 cm³/mol. The highest BCUT2D eigenvalue weighted by molar-refractivity contribution is 7.89. The van der Waals surface area contributed by atoms with Crippen LogP contribution in [0.15, 0.2) is 23.1 Å². The quantitative estimate of drug-likeness (QED) is 0.808. The summed E-state index contributed by atoms with van der Waals surface area (Å²) in [4.78, 5) is 0.197. The van der Waals surface area contributed by atoms with Gasteiger partial charge in [-0.15, -0.1) is 0 Å². The second-order valence-corrected chi connectivity index (χ2v) is 6.45. The average molecular weight is 284 g/mol. The minimum atomic E-state index is -3.66. The van der Waals surface area contributed by atoms with Gasteiger partial charge in [-0.1, -0.05) is 32.8 Å². The first-order valence-electron chi connectivity index (χ1n) is 6.78. The topological polar surface area (TPSA) is 72.2 Å². The van der Waals surface area contributed by atoms with Crippen molar-refractivity contribution in [2.24, 2.45) is 5.14 Å². The number of rotatable bonds is 7. The summed E-state index contributed by atoms with van der Waals surface area (Å²) in [5, 5.41) is 8.60. The molecule has 1 rings (SSSR count). The van der Waals surface area contributed by atoms with Crippen LogP contribution >= 0.6 is 0 Å². The minimum Gasteiger partial charge on any atom is -0.382 e. The fraction of sp³-hybridized carbons (Fsp3) is 0.571. The van der Waals surface area contributed by atoms with E-state index in [-0.39, 0.29) is 4.90 Å². The van der Waals surface area contributed by atoms with Gasteiger partial charge in [0, 0.05) is 11.7 Å². The Balaban J connectivity index is 2.90. The van der Waals surface area contributed by atoms with E-state index in [0.29, 0.717) is 11.6 Å². The Kier molecular flexibility index (Phi) is 5.82. The summed E-state index contributed by atoms with van der Waals surface area (Å²) in [6.07, 6.45) is 4.43. The maximum Gasteiger partial charge on any atom is 0.238 e. The van der Waals surface area contributed by atoms with Gasteiger partial charge >= 0.3 is 0 Å². The van der Waals surface area contributed by atoms with E-state index in [0.717, 1.165) is 24.9 Å². The summed E-state index contributed by atoms with van der Waals surface area (Å²) in [5.41, 5.74) is 1.49. The molecule has 1 aromatic rings. The lowest BCUT2D eigenvalue weighted by Gasteiger charge is -2.19. The minimum absolute atomic E-state index is 0.197. The van der Waals surface area contributed by atoms with Gasteiger partial charge in [0.1, 0.15) is 0 Å². The number of primary sulfonamides is 1. The van der Waals surface area contributed by atoms with Gasteiger partial charge in [0.2, 0.25) is 10.0 Å². The summed E-state index contributed by atoms with van der Waals surface area (Å²) in [6.45, 7) is 6.04. The molecule has 0 saturated heterocycles. The zero-order chi connectivity index (χ0) is 14.5. The van der Waals surface area contributed by atoms with E-state index in [1.807, 2.05) is 6.07 Å². The number of nitrogens with two attached hydrogens (primary N) is 1. The Morgan fingerprint density at radius 1 is 1.32 bits per heavy atom. The van der Waals surface area contributed by atoms with Gasteiger partial charge in [0.05, 0.1) is 4.90 Å². The normalized spacial score (nSPS) is 13.3. The lowest BCUT2D eigenvalue weighted by molar-refractivity contribution is 0.592. The third-order valence-corrected chi connectivity index (χ3v) is 4.32. The van der Waals surface area contributed by atoms with Crippen LogP contribution in [0.3, 0.4) is 0 Å². The van der Waals surface area contributed by atoms with Gasteiger partial charge in [-0.05, 0) is 37.5 Å². The molecule has 108 valence electrons. The Morgan fingerprint density at radius 2 is 2.00 bits per heavy atom. The third kappa shape index (κ3) is 4.84. The summed E-state index contributed by atoms with van der Waals surface area (Å²) < 4.78 is 23.0. The highest BCUT2D eigenvalue weighted by Gasteiger charge is 2.13. The van der Waals surface area contributed by atoms with Crippen molar-refractivity contribution in [2.75, 3.05) is 5.32 Å². The first-order chi connectivity index (χ1) is 8.88. The summed E-state index contributed by atoms with van der Waals surface area (Å²) >= 11 is 0. The van der Waals surface area contributed by atoms with Crippen molar-refractivity contribution in [3.8, 4) is 0 Å². The molecule has 0 aliphatic carbocycles. The molecule has 0 aliphatic rings. The number of unbranched alkanes of at least 4 members (excludes halogenated alkanes) is 1. The first kappa shape index (κ1) is 16.0. The van der Waals surface area contributed by atoms with Gasteiger partial charge < -0.3 is 5.32 Å². The van der Waals surface area contributed by atoms with Crippen molar-refractivity contribution in [1.82, 2.24) is 0 Å². The molecule has 1 unspecified atom stereocenters. The maximum atomic E-state index is 11.5. The summed E-state index contributed by atoms with van der Waals surface area (Å²) in [6, 6.07) is 5.68. The van der Waals surface area contributed by atoms with Crippen LogP contribution in [0.1, 0.15) is 45.1 Å². The van der Waals surface area contributed by atoms with Crippen LogP contribution in [0.25, 0.3) is 0 Å². The van der Waals surface area contributed by atoms with E-state index in [1.54, 1.807) is 19.1 Å². The van der Waals surface area contributed by atoms with E-state index in [9.17, 15) is 8.42 Å². The molecule has 0 fully saturated rings. The summed E-state index contributed by atoms with van der Waals surface area (Å²) in [7, 11) is -3.66. The zero-order valence-corrected chi connectivity index (χ0v) is 12.8. The average Bonchev–Trinajstić information content (AvgIpc) is 2.35. The van der Waals surface area contributed by atoms with E-state index in [2.05, 4.69) is 19.2 Å². The van der Waals surface area contributed by atoms with Crippen molar-refractivity contribution < 1.29 is 8.42 Å². The van der Waals surface area contributed by atoms with Crippen molar-refractivity contribution in [3.63, 3.8) is 0 Å². The monoisotopic (exact) mass is 284 g/mol. The van der Waals surface area contributed by atoms with Crippen LogP contribution in [0.4, 0.5) is 5.69 Å². The number of hydrogen-bond acceptors (Lipinski definition) is 3. The molecule has 3 N–H and O–H groups in total. The van der Waals surface area contributed by atoms with Crippen LogP contribution in [0.5, 0.6) is 0 Å². The molecule has 0 heterocycles. The second-order valence-electron chi connectivity index (χ2n) is 4.92. The Hall–Kier alpha value is -1.07. The molecule has 1 aromatic carbocycles. The molecule has 0 bridgehead atoms. The van der Waals surface area contributed by atoms with Crippen molar-refractivity contribution in [1.29, 1.82) is 0 Å². The number of nitrogens with one attached hydrogen (secondary N) is 1. The van der Waals surface area contributed by atoms with Gasteiger partial charge in [-0.2, -0.15) is 0 Å². The molecule has 0 amide bonds. The fourth-order valence-corrected chi connectivity index (χ4v) is 2.87. The molecular weight excluding hydrogens is 260 g/mol. The van der Waals surface area contributed by atoms with Crippen molar-refractivity contribution >= 4 is 15.7 Å². The predicted octanol–water partition coefficient (Wildman–Crippen LogP) is 3.02. The molecule has 0 radical (unpaired) electrons. The van der Waals surface area contributed by atoms with Crippen LogP contribution in [0, 0.1) is 6.92 Å². The lowest BCUT2D eigenvalue weighted by Crippen LogP contribution is -2.19.